The molecule has 26 heavy (non-hydrogen) atoms. The lowest BCUT2D eigenvalue weighted by molar-refractivity contribution is -0.423. The van der Waals surface area contributed by atoms with Crippen molar-refractivity contribution in [1.29, 1.82) is 0 Å². The van der Waals surface area contributed by atoms with E-state index in [4.69, 9.17) is 0 Å². The number of benzene rings is 1. The Kier molecular flexibility index (Phi) is 6.99. The van der Waals surface area contributed by atoms with Crippen molar-refractivity contribution in [2.75, 3.05) is 0 Å². The van der Waals surface area contributed by atoms with Gasteiger partial charge in [0.25, 0.3) is 0 Å². The summed E-state index contributed by atoms with van der Waals surface area (Å²) in [6.07, 6.45) is 5.25. The number of halogens is 2. The molecule has 0 amide bonds. The summed E-state index contributed by atoms with van der Waals surface area (Å²) in [6, 6.07) is 0. The average molecular weight is 490 g/mol. The zero-order valence-electron chi connectivity index (χ0n) is 14.4. The zero-order chi connectivity index (χ0) is 19.4. The topological polar surface area (TPSA) is 112 Å². The number of nitrogens with zero attached hydrogens (tertiary/aromatic N) is 4. The van der Waals surface area contributed by atoms with Crippen LogP contribution in [0.1, 0.15) is 50.9 Å². The second kappa shape index (κ2) is 8.81. The number of hydrogen-bond donors (Lipinski definition) is 0. The Bertz CT molecular complexity index is 803. The van der Waals surface area contributed by atoms with Gasteiger partial charge in [0.2, 0.25) is 0 Å². The highest BCUT2D eigenvalue weighted by Gasteiger charge is 2.35. The lowest BCUT2D eigenvalue weighted by Crippen LogP contribution is -2.07. The molecule has 0 radical (unpaired) electrons. The van der Waals surface area contributed by atoms with E-state index in [2.05, 4.69) is 55.7 Å². The standard InChI is InChI=1S/C16H18Br2N4O4/c1-3-5-7-9-10(8-6-4-2)20-14-12(18)16(22(25)26)15(21(23)24)11(17)13(14)19-9/h3-8H2,1-2H3. The van der Waals surface area contributed by atoms with E-state index in [1.54, 1.807) is 0 Å². The zero-order valence-corrected chi connectivity index (χ0v) is 17.6. The molecule has 0 spiro atoms. The van der Waals surface area contributed by atoms with E-state index >= 15 is 0 Å². The molecule has 8 nitrogen and oxygen atoms in total. The molecule has 0 aliphatic heterocycles. The predicted octanol–water partition coefficient (Wildman–Crippen LogP) is 5.66. The normalized spacial score (nSPS) is 11.1. The van der Waals surface area contributed by atoms with Gasteiger partial charge in [-0.25, -0.2) is 9.97 Å². The van der Waals surface area contributed by atoms with Crippen LogP contribution in [0.4, 0.5) is 11.4 Å². The summed E-state index contributed by atoms with van der Waals surface area (Å²) in [5, 5.41) is 22.8. The monoisotopic (exact) mass is 488 g/mol. The van der Waals surface area contributed by atoms with E-state index in [1.165, 1.54) is 0 Å². The van der Waals surface area contributed by atoms with Gasteiger partial charge in [0.15, 0.2) is 0 Å². The molecule has 2 rings (SSSR count). The minimum atomic E-state index is -0.773. The van der Waals surface area contributed by atoms with Crippen molar-refractivity contribution in [3.8, 4) is 0 Å². The fourth-order valence-corrected chi connectivity index (χ4v) is 3.88. The summed E-state index contributed by atoms with van der Waals surface area (Å²) in [7, 11) is 0. The van der Waals surface area contributed by atoms with Gasteiger partial charge in [-0.05, 0) is 57.5 Å². The van der Waals surface area contributed by atoms with Gasteiger partial charge in [0.1, 0.15) is 20.0 Å². The molecule has 0 saturated heterocycles. The van der Waals surface area contributed by atoms with Gasteiger partial charge in [-0.3, -0.25) is 20.2 Å². The minimum absolute atomic E-state index is 0.0142. The van der Waals surface area contributed by atoms with Gasteiger partial charge in [0.05, 0.1) is 21.2 Å². The van der Waals surface area contributed by atoms with Crippen LogP contribution in [0.5, 0.6) is 0 Å². The van der Waals surface area contributed by atoms with Crippen molar-refractivity contribution in [3.63, 3.8) is 0 Å². The van der Waals surface area contributed by atoms with Crippen molar-refractivity contribution >= 4 is 54.3 Å². The summed E-state index contributed by atoms with van der Waals surface area (Å²) in [5.74, 6) is 0. The Hall–Kier alpha value is -1.68. The Morgan fingerprint density at radius 3 is 1.42 bits per heavy atom. The van der Waals surface area contributed by atoms with E-state index in [0.29, 0.717) is 12.8 Å². The molecule has 140 valence electrons. The first kappa shape index (κ1) is 20.6. The van der Waals surface area contributed by atoms with Crippen molar-refractivity contribution in [2.45, 2.75) is 52.4 Å². The summed E-state index contributed by atoms with van der Waals surface area (Å²) < 4.78 is -0.0284. The highest BCUT2D eigenvalue weighted by molar-refractivity contribution is 9.11. The van der Waals surface area contributed by atoms with Crippen LogP contribution in [0.3, 0.4) is 0 Å². The summed E-state index contributed by atoms with van der Waals surface area (Å²) in [5.41, 5.74) is 0.881. The van der Waals surface area contributed by atoms with E-state index in [1.807, 2.05) is 0 Å². The number of hydrogen-bond acceptors (Lipinski definition) is 6. The average Bonchev–Trinajstić information content (AvgIpc) is 2.59. The number of rotatable bonds is 8. The van der Waals surface area contributed by atoms with Crippen LogP contribution < -0.4 is 0 Å². The van der Waals surface area contributed by atoms with Crippen molar-refractivity contribution in [2.24, 2.45) is 0 Å². The van der Waals surface area contributed by atoms with Gasteiger partial charge in [0, 0.05) is 0 Å². The number of fused-ring (bicyclic) bond motifs is 1. The van der Waals surface area contributed by atoms with Gasteiger partial charge in [-0.2, -0.15) is 0 Å². The summed E-state index contributed by atoms with van der Waals surface area (Å²) in [6.45, 7) is 4.14. The van der Waals surface area contributed by atoms with Crippen LogP contribution in [0.2, 0.25) is 0 Å². The Morgan fingerprint density at radius 2 is 1.15 bits per heavy atom. The number of aromatic nitrogens is 2. The molecule has 0 atom stereocenters. The molecule has 0 saturated carbocycles. The van der Waals surface area contributed by atoms with Gasteiger partial charge in [-0.1, -0.05) is 26.7 Å². The molecule has 0 N–H and O–H groups in total. The second-order valence-corrected chi connectivity index (χ2v) is 7.45. The molecule has 1 heterocycles. The van der Waals surface area contributed by atoms with Crippen molar-refractivity contribution in [1.82, 2.24) is 9.97 Å². The van der Waals surface area contributed by atoms with Crippen LogP contribution >= 0.6 is 31.9 Å². The van der Waals surface area contributed by atoms with Crippen molar-refractivity contribution in [3.05, 3.63) is 40.6 Å². The first-order chi connectivity index (χ1) is 12.3. The molecule has 0 fully saturated rings. The lowest BCUT2D eigenvalue weighted by Gasteiger charge is -2.12. The van der Waals surface area contributed by atoms with Crippen molar-refractivity contribution < 1.29 is 9.85 Å². The highest BCUT2D eigenvalue weighted by atomic mass is 79.9. The van der Waals surface area contributed by atoms with E-state index in [9.17, 15) is 20.2 Å². The maximum atomic E-state index is 11.4. The maximum absolute atomic E-state index is 11.4. The van der Waals surface area contributed by atoms with E-state index in [-0.39, 0.29) is 20.0 Å². The van der Waals surface area contributed by atoms with Gasteiger partial charge < -0.3 is 0 Å². The second-order valence-electron chi connectivity index (χ2n) is 5.86. The minimum Gasteiger partial charge on any atom is -0.258 e. The molecule has 1 aromatic heterocycles. The third-order valence-electron chi connectivity index (χ3n) is 4.01. The highest BCUT2D eigenvalue weighted by Crippen LogP contribution is 2.45. The fourth-order valence-electron chi connectivity index (χ4n) is 2.67. The number of nitro groups is 2. The summed E-state index contributed by atoms with van der Waals surface area (Å²) >= 11 is 6.29. The van der Waals surface area contributed by atoms with Gasteiger partial charge in [-0.15, -0.1) is 0 Å². The number of aryl methyl sites for hydroxylation is 2. The molecular weight excluding hydrogens is 472 g/mol. The molecule has 0 aliphatic rings. The van der Waals surface area contributed by atoms with E-state index < -0.39 is 21.2 Å². The SMILES string of the molecule is CCCCc1nc2c(Br)c([N+](=O)[O-])c([N+](=O)[O-])c(Br)c2nc1CCCC. The summed E-state index contributed by atoms with van der Waals surface area (Å²) in [4.78, 5) is 30.5. The van der Waals surface area contributed by atoms with Crippen LogP contribution in [0, 0.1) is 20.2 Å². The molecule has 0 unspecified atom stereocenters. The molecule has 2 aromatic rings. The van der Waals surface area contributed by atoms with Crippen LogP contribution in [0.15, 0.2) is 8.95 Å². The third-order valence-corrected chi connectivity index (χ3v) is 5.51. The van der Waals surface area contributed by atoms with Crippen LogP contribution in [0.25, 0.3) is 11.0 Å². The van der Waals surface area contributed by atoms with Crippen LogP contribution in [-0.2, 0) is 12.8 Å². The molecule has 1 aromatic carbocycles. The largest absolute Gasteiger partial charge is 0.363 e. The predicted molar refractivity (Wildman–Crippen MR) is 105 cm³/mol. The first-order valence-electron chi connectivity index (χ1n) is 8.32. The smallest absolute Gasteiger partial charge is 0.258 e. The van der Waals surface area contributed by atoms with Crippen LogP contribution in [-0.4, -0.2) is 19.8 Å². The Morgan fingerprint density at radius 1 is 0.808 bits per heavy atom. The first-order valence-corrected chi connectivity index (χ1v) is 9.91. The molecular formula is C16H18Br2N4O4. The van der Waals surface area contributed by atoms with Gasteiger partial charge >= 0.3 is 11.4 Å². The molecule has 0 aliphatic carbocycles. The maximum Gasteiger partial charge on any atom is 0.363 e. The molecule has 0 bridgehead atoms. The fraction of sp³-hybridized carbons (Fsp3) is 0.500. The quantitative estimate of drug-likeness (QED) is 0.349. The lowest BCUT2D eigenvalue weighted by atomic mass is 10.1. The molecule has 10 heteroatoms. The Balaban J connectivity index is 2.84. The Labute approximate surface area is 167 Å². The van der Waals surface area contributed by atoms with E-state index in [0.717, 1.165) is 37.1 Å². The third kappa shape index (κ3) is 4.01. The number of nitro benzene ring substituents is 2. The number of unbranched alkanes of at least 4 members (excludes halogenated alkanes) is 2.